The number of hydrogen-bond acceptors (Lipinski definition) is 1. The van der Waals surface area contributed by atoms with Gasteiger partial charge in [0.1, 0.15) is 5.69 Å². The molecule has 30 heavy (non-hydrogen) atoms. The van der Waals surface area contributed by atoms with Crippen LogP contribution in [-0.2, 0) is 7.05 Å². The Hall–Kier alpha value is -3.72. The Kier molecular flexibility index (Phi) is 4.44. The van der Waals surface area contributed by atoms with Gasteiger partial charge in [0.2, 0.25) is 0 Å². The molecule has 0 aliphatic carbocycles. The SMILES string of the molecule is Cc1ccc2c(c1)n(C)c(-c1cnccc1C)[n+]2-c1ccccc1-c1ccccc1. The molecule has 0 saturated carbocycles. The predicted molar refractivity (Wildman–Crippen MR) is 123 cm³/mol. The highest BCUT2D eigenvalue weighted by molar-refractivity contribution is 5.80. The van der Waals surface area contributed by atoms with E-state index in [1.807, 2.05) is 12.4 Å². The van der Waals surface area contributed by atoms with Crippen LogP contribution < -0.4 is 4.57 Å². The summed E-state index contributed by atoms with van der Waals surface area (Å²) >= 11 is 0. The van der Waals surface area contributed by atoms with E-state index < -0.39 is 0 Å². The third-order valence-corrected chi connectivity index (χ3v) is 5.77. The van der Waals surface area contributed by atoms with Gasteiger partial charge in [0.05, 0.1) is 12.6 Å². The maximum Gasteiger partial charge on any atom is 0.296 e. The fourth-order valence-corrected chi connectivity index (χ4v) is 4.24. The molecule has 0 atom stereocenters. The van der Waals surface area contributed by atoms with Gasteiger partial charge in [0.25, 0.3) is 5.82 Å². The average molecular weight is 391 g/mol. The molecule has 0 fully saturated rings. The lowest BCUT2D eigenvalue weighted by Crippen LogP contribution is -2.33. The van der Waals surface area contributed by atoms with Crippen LogP contribution >= 0.6 is 0 Å². The smallest absolute Gasteiger partial charge is 0.264 e. The Morgan fingerprint density at radius 3 is 2.37 bits per heavy atom. The van der Waals surface area contributed by atoms with Gasteiger partial charge in [0, 0.05) is 18.0 Å². The number of para-hydroxylation sites is 1. The molecule has 0 aliphatic heterocycles. The second-order valence-electron chi connectivity index (χ2n) is 7.78. The summed E-state index contributed by atoms with van der Waals surface area (Å²) in [6.45, 7) is 4.29. The van der Waals surface area contributed by atoms with Crippen LogP contribution in [0.1, 0.15) is 11.1 Å². The molecule has 2 heterocycles. The summed E-state index contributed by atoms with van der Waals surface area (Å²) in [5.74, 6) is 1.13. The van der Waals surface area contributed by atoms with E-state index in [0.717, 1.165) is 17.1 Å². The zero-order valence-electron chi connectivity index (χ0n) is 17.5. The van der Waals surface area contributed by atoms with Crippen LogP contribution in [-0.4, -0.2) is 9.55 Å². The minimum atomic E-state index is 1.13. The Bertz CT molecular complexity index is 1360. The predicted octanol–water partition coefficient (Wildman–Crippen LogP) is 5.80. The van der Waals surface area contributed by atoms with Crippen molar-refractivity contribution in [1.29, 1.82) is 0 Å². The van der Waals surface area contributed by atoms with Crippen LogP contribution in [0.25, 0.3) is 39.2 Å². The number of pyridine rings is 1. The van der Waals surface area contributed by atoms with E-state index in [1.54, 1.807) is 0 Å². The van der Waals surface area contributed by atoms with Gasteiger partial charge in [-0.25, -0.2) is 4.57 Å². The molecule has 0 bridgehead atoms. The lowest BCUT2D eigenvalue weighted by molar-refractivity contribution is -0.555. The van der Waals surface area contributed by atoms with Gasteiger partial charge in [-0.05, 0) is 54.8 Å². The van der Waals surface area contributed by atoms with Crippen molar-refractivity contribution in [2.45, 2.75) is 13.8 Å². The monoisotopic (exact) mass is 390 g/mol. The van der Waals surface area contributed by atoms with Gasteiger partial charge in [0.15, 0.2) is 11.0 Å². The second-order valence-corrected chi connectivity index (χ2v) is 7.78. The first-order valence-electron chi connectivity index (χ1n) is 10.2. The Labute approximate surface area is 176 Å². The fraction of sp³-hybridized carbons (Fsp3) is 0.111. The zero-order chi connectivity index (χ0) is 20.7. The van der Waals surface area contributed by atoms with Gasteiger partial charge in [-0.15, -0.1) is 0 Å². The van der Waals surface area contributed by atoms with E-state index in [2.05, 4.69) is 114 Å². The molecule has 0 saturated heterocycles. The lowest BCUT2D eigenvalue weighted by atomic mass is 10.0. The number of rotatable bonds is 3. The minimum absolute atomic E-state index is 1.13. The summed E-state index contributed by atoms with van der Waals surface area (Å²) in [5.41, 5.74) is 9.56. The molecule has 3 aromatic carbocycles. The third kappa shape index (κ3) is 2.91. The maximum absolute atomic E-state index is 4.44. The maximum atomic E-state index is 4.44. The molecular weight excluding hydrogens is 366 g/mol. The average Bonchev–Trinajstić information content (AvgIpc) is 3.06. The largest absolute Gasteiger partial charge is 0.296 e. The van der Waals surface area contributed by atoms with Crippen molar-refractivity contribution in [2.75, 3.05) is 0 Å². The Balaban J connectivity index is 1.92. The van der Waals surface area contributed by atoms with Gasteiger partial charge >= 0.3 is 0 Å². The second kappa shape index (κ2) is 7.27. The lowest BCUT2D eigenvalue weighted by Gasteiger charge is -2.10. The summed E-state index contributed by atoms with van der Waals surface area (Å²) in [5, 5.41) is 0. The first-order chi connectivity index (χ1) is 14.6. The molecule has 5 rings (SSSR count). The Morgan fingerprint density at radius 2 is 1.57 bits per heavy atom. The van der Waals surface area contributed by atoms with Gasteiger partial charge < -0.3 is 0 Å². The van der Waals surface area contributed by atoms with Crippen molar-refractivity contribution in [3.8, 4) is 28.2 Å². The molecule has 3 nitrogen and oxygen atoms in total. The number of nitrogens with zero attached hydrogens (tertiary/aromatic N) is 3. The molecule has 0 spiro atoms. The van der Waals surface area contributed by atoms with Crippen LogP contribution in [0.4, 0.5) is 0 Å². The summed E-state index contributed by atoms with van der Waals surface area (Å²) in [6.07, 6.45) is 3.83. The molecule has 3 heteroatoms. The quantitative estimate of drug-likeness (QED) is 0.357. The molecule has 2 aromatic heterocycles. The summed E-state index contributed by atoms with van der Waals surface area (Å²) in [6, 6.07) is 28.0. The van der Waals surface area contributed by atoms with E-state index in [-0.39, 0.29) is 0 Å². The van der Waals surface area contributed by atoms with Crippen LogP contribution in [0.3, 0.4) is 0 Å². The van der Waals surface area contributed by atoms with Crippen LogP contribution in [0.15, 0.2) is 91.3 Å². The molecule has 0 aliphatic rings. The Morgan fingerprint density at radius 1 is 0.800 bits per heavy atom. The van der Waals surface area contributed by atoms with Gasteiger partial charge in [-0.3, -0.25) is 4.98 Å². The molecule has 146 valence electrons. The number of benzene rings is 3. The molecular formula is C27H24N3+. The highest BCUT2D eigenvalue weighted by Gasteiger charge is 2.28. The number of aromatic nitrogens is 3. The van der Waals surface area contributed by atoms with Crippen molar-refractivity contribution in [3.63, 3.8) is 0 Å². The summed E-state index contributed by atoms with van der Waals surface area (Å²) in [7, 11) is 2.14. The highest BCUT2D eigenvalue weighted by atomic mass is 15.2. The number of aryl methyl sites for hydroxylation is 3. The van der Waals surface area contributed by atoms with E-state index in [9.17, 15) is 0 Å². The van der Waals surface area contributed by atoms with E-state index in [1.165, 1.54) is 33.3 Å². The topological polar surface area (TPSA) is 21.7 Å². The minimum Gasteiger partial charge on any atom is -0.264 e. The highest BCUT2D eigenvalue weighted by Crippen LogP contribution is 2.30. The van der Waals surface area contributed by atoms with Crippen LogP contribution in [0.2, 0.25) is 0 Å². The molecule has 0 unspecified atom stereocenters. The molecule has 5 aromatic rings. The van der Waals surface area contributed by atoms with Crippen molar-refractivity contribution in [1.82, 2.24) is 9.55 Å². The van der Waals surface area contributed by atoms with Crippen molar-refractivity contribution >= 4 is 11.0 Å². The van der Waals surface area contributed by atoms with E-state index in [4.69, 9.17) is 0 Å². The number of fused-ring (bicyclic) bond motifs is 1. The van der Waals surface area contributed by atoms with Gasteiger partial charge in [-0.2, -0.15) is 4.57 Å². The molecule has 0 N–H and O–H groups in total. The fourth-order valence-electron chi connectivity index (χ4n) is 4.24. The van der Waals surface area contributed by atoms with Gasteiger partial charge in [-0.1, -0.05) is 54.6 Å². The molecule has 0 radical (unpaired) electrons. The normalized spacial score (nSPS) is 11.2. The zero-order valence-corrected chi connectivity index (χ0v) is 17.5. The number of hydrogen-bond donors (Lipinski definition) is 0. The first-order valence-corrected chi connectivity index (χ1v) is 10.2. The first kappa shape index (κ1) is 18.3. The van der Waals surface area contributed by atoms with Crippen molar-refractivity contribution < 1.29 is 4.57 Å². The van der Waals surface area contributed by atoms with Crippen molar-refractivity contribution in [3.05, 3.63) is 102 Å². The standard InChI is InChI=1S/C27H24N3/c1-19-13-14-25-26(17-19)29(3)27(23-18-28-16-15-20(23)2)30(25)24-12-8-7-11-22(24)21-9-5-4-6-10-21/h4-18H,1-3H3/q+1. The van der Waals surface area contributed by atoms with E-state index in [0.29, 0.717) is 0 Å². The van der Waals surface area contributed by atoms with Crippen LogP contribution in [0.5, 0.6) is 0 Å². The summed E-state index contributed by atoms with van der Waals surface area (Å²) in [4.78, 5) is 4.44. The van der Waals surface area contributed by atoms with Crippen molar-refractivity contribution in [2.24, 2.45) is 7.05 Å². The van der Waals surface area contributed by atoms with Crippen LogP contribution in [0, 0.1) is 13.8 Å². The summed E-state index contributed by atoms with van der Waals surface area (Å²) < 4.78 is 4.66. The van der Waals surface area contributed by atoms with E-state index >= 15 is 0 Å². The third-order valence-electron chi connectivity index (χ3n) is 5.77. The molecule has 0 amide bonds. The number of imidazole rings is 1.